The number of anilines is 2. The third-order valence-corrected chi connectivity index (χ3v) is 4.11. The predicted octanol–water partition coefficient (Wildman–Crippen LogP) is 2.87. The number of hydrogen-bond acceptors (Lipinski definition) is 5. The van der Waals surface area contributed by atoms with Gasteiger partial charge in [-0.05, 0) is 31.2 Å². The van der Waals surface area contributed by atoms with Gasteiger partial charge < -0.3 is 11.1 Å². The van der Waals surface area contributed by atoms with Crippen molar-refractivity contribution in [3.63, 3.8) is 0 Å². The standard InChI is InChI=1S/C15H21N5OS/c1-4-12(20-14(16)18-19-15(20)22-5-2)13(21)17-11-8-6-10(3)7-9-11/h6-9,12H,4-5H2,1-3H3,(H2,16,18)(H,17,21). The first-order valence-corrected chi connectivity index (χ1v) is 8.26. The molecule has 0 saturated carbocycles. The summed E-state index contributed by atoms with van der Waals surface area (Å²) in [4.78, 5) is 12.6. The van der Waals surface area contributed by atoms with Gasteiger partial charge in [0.25, 0.3) is 0 Å². The van der Waals surface area contributed by atoms with Gasteiger partial charge in [-0.3, -0.25) is 9.36 Å². The van der Waals surface area contributed by atoms with Crippen LogP contribution in [0.25, 0.3) is 0 Å². The lowest BCUT2D eigenvalue weighted by Gasteiger charge is -2.19. The summed E-state index contributed by atoms with van der Waals surface area (Å²) < 4.78 is 1.71. The number of thioether (sulfide) groups is 1. The molecule has 0 saturated heterocycles. The fourth-order valence-electron chi connectivity index (χ4n) is 2.16. The molecule has 0 radical (unpaired) electrons. The van der Waals surface area contributed by atoms with E-state index >= 15 is 0 Å². The van der Waals surface area contributed by atoms with Crippen molar-refractivity contribution in [2.75, 3.05) is 16.8 Å². The molecule has 6 nitrogen and oxygen atoms in total. The highest BCUT2D eigenvalue weighted by atomic mass is 32.2. The zero-order valence-electron chi connectivity index (χ0n) is 13.0. The van der Waals surface area contributed by atoms with Crippen molar-refractivity contribution in [3.8, 4) is 0 Å². The fraction of sp³-hybridized carbons (Fsp3) is 0.400. The monoisotopic (exact) mass is 319 g/mol. The molecular formula is C15H21N5OS. The number of nitrogens with one attached hydrogen (secondary N) is 1. The predicted molar refractivity (Wildman–Crippen MR) is 90.0 cm³/mol. The lowest BCUT2D eigenvalue weighted by Crippen LogP contribution is -2.27. The molecule has 22 heavy (non-hydrogen) atoms. The van der Waals surface area contributed by atoms with E-state index in [9.17, 15) is 4.79 Å². The minimum atomic E-state index is -0.426. The molecule has 1 aromatic heterocycles. The Morgan fingerprint density at radius 3 is 2.59 bits per heavy atom. The van der Waals surface area contributed by atoms with Crippen LogP contribution in [0.1, 0.15) is 31.9 Å². The number of amides is 1. The van der Waals surface area contributed by atoms with E-state index in [-0.39, 0.29) is 11.9 Å². The summed E-state index contributed by atoms with van der Waals surface area (Å²) in [6, 6.07) is 7.27. The zero-order chi connectivity index (χ0) is 16.1. The number of benzene rings is 1. The lowest BCUT2D eigenvalue weighted by molar-refractivity contribution is -0.119. The number of nitrogens with zero attached hydrogens (tertiary/aromatic N) is 3. The maximum Gasteiger partial charge on any atom is 0.247 e. The zero-order valence-corrected chi connectivity index (χ0v) is 13.9. The molecule has 2 rings (SSSR count). The van der Waals surface area contributed by atoms with E-state index in [2.05, 4.69) is 15.5 Å². The van der Waals surface area contributed by atoms with Crippen LogP contribution in [0.4, 0.5) is 11.6 Å². The first-order valence-electron chi connectivity index (χ1n) is 7.27. The van der Waals surface area contributed by atoms with Crippen molar-refractivity contribution in [2.24, 2.45) is 0 Å². The third kappa shape index (κ3) is 3.59. The van der Waals surface area contributed by atoms with Gasteiger partial charge in [-0.1, -0.05) is 43.3 Å². The number of aryl methyl sites for hydroxylation is 1. The van der Waals surface area contributed by atoms with E-state index in [4.69, 9.17) is 5.73 Å². The smallest absolute Gasteiger partial charge is 0.247 e. The molecule has 1 unspecified atom stereocenters. The minimum Gasteiger partial charge on any atom is -0.368 e. The summed E-state index contributed by atoms with van der Waals surface area (Å²) in [5.41, 5.74) is 7.81. The molecule has 1 heterocycles. The Labute approximate surface area is 134 Å². The molecule has 1 aromatic carbocycles. The van der Waals surface area contributed by atoms with Gasteiger partial charge in [-0.25, -0.2) is 0 Å². The molecule has 118 valence electrons. The number of nitrogen functional groups attached to an aromatic ring is 1. The molecule has 0 bridgehead atoms. The summed E-state index contributed by atoms with van der Waals surface area (Å²) in [6.45, 7) is 5.97. The quantitative estimate of drug-likeness (QED) is 0.800. The Morgan fingerprint density at radius 2 is 2.00 bits per heavy atom. The highest BCUT2D eigenvalue weighted by Gasteiger charge is 2.24. The van der Waals surface area contributed by atoms with Crippen LogP contribution in [0.3, 0.4) is 0 Å². The largest absolute Gasteiger partial charge is 0.368 e. The topological polar surface area (TPSA) is 85.8 Å². The SMILES string of the molecule is CCSc1nnc(N)n1C(CC)C(=O)Nc1ccc(C)cc1. The van der Waals surface area contributed by atoms with Crippen LogP contribution < -0.4 is 11.1 Å². The van der Waals surface area contributed by atoms with E-state index in [0.29, 0.717) is 11.6 Å². The Bertz CT molecular complexity index is 638. The Morgan fingerprint density at radius 1 is 1.32 bits per heavy atom. The Hall–Kier alpha value is -2.02. The van der Waals surface area contributed by atoms with Gasteiger partial charge in [-0.15, -0.1) is 10.2 Å². The molecular weight excluding hydrogens is 298 g/mol. The molecule has 1 amide bonds. The molecule has 3 N–H and O–H groups in total. The normalized spacial score (nSPS) is 12.1. The van der Waals surface area contributed by atoms with Crippen molar-refractivity contribution in [2.45, 2.75) is 38.4 Å². The van der Waals surface area contributed by atoms with Gasteiger partial charge in [-0.2, -0.15) is 0 Å². The highest BCUT2D eigenvalue weighted by Crippen LogP contribution is 2.25. The third-order valence-electron chi connectivity index (χ3n) is 3.28. The lowest BCUT2D eigenvalue weighted by atomic mass is 10.2. The highest BCUT2D eigenvalue weighted by molar-refractivity contribution is 7.99. The van der Waals surface area contributed by atoms with Crippen molar-refractivity contribution in [1.82, 2.24) is 14.8 Å². The molecule has 0 aliphatic rings. The van der Waals surface area contributed by atoms with Crippen LogP contribution in [-0.4, -0.2) is 26.4 Å². The van der Waals surface area contributed by atoms with Gasteiger partial charge in [0.1, 0.15) is 6.04 Å². The number of aromatic nitrogens is 3. The average Bonchev–Trinajstić information content (AvgIpc) is 2.85. The summed E-state index contributed by atoms with van der Waals surface area (Å²) in [5.74, 6) is 0.992. The van der Waals surface area contributed by atoms with Crippen LogP contribution in [0.15, 0.2) is 29.4 Å². The summed E-state index contributed by atoms with van der Waals surface area (Å²) in [6.07, 6.45) is 0.608. The Balaban J connectivity index is 2.22. The molecule has 7 heteroatoms. The summed E-state index contributed by atoms with van der Waals surface area (Å²) in [5, 5.41) is 11.5. The number of hydrogen-bond donors (Lipinski definition) is 2. The second kappa shape index (κ2) is 7.31. The second-order valence-electron chi connectivity index (χ2n) is 4.92. The van der Waals surface area contributed by atoms with Crippen molar-refractivity contribution < 1.29 is 4.79 Å². The van der Waals surface area contributed by atoms with Crippen molar-refractivity contribution >= 4 is 29.3 Å². The number of rotatable bonds is 6. The first kappa shape index (κ1) is 16.4. The van der Waals surface area contributed by atoms with Gasteiger partial charge in [0.15, 0.2) is 5.16 Å². The van der Waals surface area contributed by atoms with E-state index < -0.39 is 6.04 Å². The van der Waals surface area contributed by atoms with Crippen LogP contribution in [0.5, 0.6) is 0 Å². The van der Waals surface area contributed by atoms with E-state index in [1.807, 2.05) is 45.0 Å². The molecule has 1 atom stereocenters. The van der Waals surface area contributed by atoms with E-state index in [1.165, 1.54) is 11.8 Å². The van der Waals surface area contributed by atoms with Crippen LogP contribution in [0.2, 0.25) is 0 Å². The molecule has 0 aliphatic heterocycles. The summed E-state index contributed by atoms with van der Waals surface area (Å²) in [7, 11) is 0. The van der Waals surface area contributed by atoms with Gasteiger partial charge >= 0.3 is 0 Å². The maximum atomic E-state index is 12.6. The fourth-order valence-corrected chi connectivity index (χ4v) is 2.87. The maximum absolute atomic E-state index is 12.6. The van der Waals surface area contributed by atoms with Gasteiger partial charge in [0, 0.05) is 5.69 Å². The van der Waals surface area contributed by atoms with Crippen molar-refractivity contribution in [3.05, 3.63) is 29.8 Å². The number of carbonyl (C=O) groups is 1. The number of carbonyl (C=O) groups excluding carboxylic acids is 1. The second-order valence-corrected chi connectivity index (χ2v) is 6.15. The molecule has 0 spiro atoms. The van der Waals surface area contributed by atoms with Crippen LogP contribution in [0, 0.1) is 6.92 Å². The van der Waals surface area contributed by atoms with Crippen molar-refractivity contribution in [1.29, 1.82) is 0 Å². The van der Waals surface area contributed by atoms with Gasteiger partial charge in [0.2, 0.25) is 11.9 Å². The molecule has 0 aliphatic carbocycles. The van der Waals surface area contributed by atoms with E-state index in [1.54, 1.807) is 4.57 Å². The first-order chi connectivity index (χ1) is 10.6. The summed E-state index contributed by atoms with van der Waals surface area (Å²) >= 11 is 1.52. The molecule has 0 fully saturated rings. The van der Waals surface area contributed by atoms with Crippen LogP contribution >= 0.6 is 11.8 Å². The van der Waals surface area contributed by atoms with E-state index in [0.717, 1.165) is 17.0 Å². The molecule has 2 aromatic rings. The average molecular weight is 319 g/mol. The number of nitrogens with two attached hydrogens (primary N) is 1. The minimum absolute atomic E-state index is 0.115. The Kier molecular flexibility index (Phi) is 5.43. The van der Waals surface area contributed by atoms with Crippen LogP contribution in [-0.2, 0) is 4.79 Å². The van der Waals surface area contributed by atoms with Gasteiger partial charge in [0.05, 0.1) is 0 Å².